The second-order valence-electron chi connectivity index (χ2n) is 3.74. The molecule has 0 aliphatic carbocycles. The van der Waals surface area contributed by atoms with E-state index in [2.05, 4.69) is 15.9 Å². The summed E-state index contributed by atoms with van der Waals surface area (Å²) in [5, 5.41) is 10.8. The van der Waals surface area contributed by atoms with Gasteiger partial charge in [-0.3, -0.25) is 0 Å². The fraction of sp³-hybridized carbons (Fsp3) is 0.600. The molecule has 0 bridgehead atoms. The lowest BCUT2D eigenvalue weighted by Gasteiger charge is -2.19. The van der Waals surface area contributed by atoms with Gasteiger partial charge >= 0.3 is 0 Å². The van der Waals surface area contributed by atoms with E-state index >= 15 is 0 Å². The Morgan fingerprint density at radius 3 is 2.93 bits per heavy atom. The minimum atomic E-state index is -0.462. The van der Waals surface area contributed by atoms with Crippen molar-refractivity contribution in [2.45, 2.75) is 25.6 Å². The maximum absolute atomic E-state index is 10.2. The molecule has 0 radical (unpaired) electrons. The Bertz CT molecular complexity index is 336. The van der Waals surface area contributed by atoms with Crippen molar-refractivity contribution in [2.75, 3.05) is 6.61 Å². The molecule has 3 atom stereocenters. The molecule has 0 aromatic carbocycles. The fourth-order valence-corrected chi connectivity index (χ4v) is 3.69. The number of aliphatic hydroxyl groups excluding tert-OH is 1. The van der Waals surface area contributed by atoms with Crippen LogP contribution >= 0.6 is 38.9 Å². The van der Waals surface area contributed by atoms with Gasteiger partial charge < -0.3 is 9.84 Å². The predicted octanol–water partition coefficient (Wildman–Crippen LogP) is 3.62. The van der Waals surface area contributed by atoms with Crippen LogP contribution in [0.2, 0.25) is 5.02 Å². The van der Waals surface area contributed by atoms with Crippen molar-refractivity contribution in [3.8, 4) is 0 Å². The molecule has 1 aliphatic rings. The highest BCUT2D eigenvalue weighted by Crippen LogP contribution is 2.40. The Labute approximate surface area is 106 Å². The monoisotopic (exact) mass is 310 g/mol. The Hall–Kier alpha value is 0.390. The van der Waals surface area contributed by atoms with Crippen LogP contribution in [0.3, 0.4) is 0 Å². The third-order valence-electron chi connectivity index (χ3n) is 2.80. The molecule has 1 fully saturated rings. The highest BCUT2D eigenvalue weighted by Gasteiger charge is 2.32. The molecule has 0 saturated carbocycles. The summed E-state index contributed by atoms with van der Waals surface area (Å²) in [6.45, 7) is 2.74. The van der Waals surface area contributed by atoms with E-state index in [4.69, 9.17) is 16.3 Å². The molecule has 2 nitrogen and oxygen atoms in total. The first-order chi connectivity index (χ1) is 7.09. The van der Waals surface area contributed by atoms with Gasteiger partial charge in [0, 0.05) is 17.4 Å². The van der Waals surface area contributed by atoms with Crippen molar-refractivity contribution in [2.24, 2.45) is 5.92 Å². The number of hydrogen-bond donors (Lipinski definition) is 1. The van der Waals surface area contributed by atoms with Crippen LogP contribution in [-0.4, -0.2) is 17.8 Å². The minimum absolute atomic E-state index is 0.125. The van der Waals surface area contributed by atoms with Crippen molar-refractivity contribution in [3.63, 3.8) is 0 Å². The first-order valence-corrected chi connectivity index (χ1v) is 6.82. The molecule has 0 spiro atoms. The SMILES string of the molecule is CC1OCCC1C(O)c1cc(Cl)c(Br)s1. The topological polar surface area (TPSA) is 29.5 Å². The van der Waals surface area contributed by atoms with Gasteiger partial charge in [-0.15, -0.1) is 11.3 Å². The van der Waals surface area contributed by atoms with Gasteiger partial charge in [0.2, 0.25) is 0 Å². The standard InChI is InChI=1S/C10H12BrClO2S/c1-5-6(2-3-14-5)9(13)8-4-7(12)10(11)15-8/h4-6,9,13H,2-3H2,1H3. The van der Waals surface area contributed by atoms with Crippen LogP contribution in [0.1, 0.15) is 24.3 Å². The lowest BCUT2D eigenvalue weighted by Crippen LogP contribution is -2.18. The number of rotatable bonds is 2. The largest absolute Gasteiger partial charge is 0.387 e. The molecule has 0 amide bonds. The number of thiophene rings is 1. The Morgan fingerprint density at radius 2 is 2.47 bits per heavy atom. The van der Waals surface area contributed by atoms with Gasteiger partial charge in [0.25, 0.3) is 0 Å². The minimum Gasteiger partial charge on any atom is -0.387 e. The highest BCUT2D eigenvalue weighted by molar-refractivity contribution is 9.11. The first kappa shape index (κ1) is 11.9. The molecule has 2 heterocycles. The molecule has 1 aliphatic heterocycles. The van der Waals surface area contributed by atoms with Crippen LogP contribution in [0, 0.1) is 5.92 Å². The molecular weight excluding hydrogens is 300 g/mol. The number of ether oxygens (including phenoxy) is 1. The van der Waals surface area contributed by atoms with Crippen LogP contribution in [0.25, 0.3) is 0 Å². The maximum atomic E-state index is 10.2. The highest BCUT2D eigenvalue weighted by atomic mass is 79.9. The van der Waals surface area contributed by atoms with Crippen molar-refractivity contribution in [1.29, 1.82) is 0 Å². The van der Waals surface area contributed by atoms with Crippen LogP contribution in [0.5, 0.6) is 0 Å². The summed E-state index contributed by atoms with van der Waals surface area (Å²) in [6, 6.07) is 1.83. The zero-order valence-corrected chi connectivity index (χ0v) is 11.4. The van der Waals surface area contributed by atoms with Crippen LogP contribution in [0.4, 0.5) is 0 Å². The van der Waals surface area contributed by atoms with E-state index in [1.54, 1.807) is 0 Å². The molecule has 84 valence electrons. The summed E-state index contributed by atoms with van der Waals surface area (Å²) >= 11 is 10.8. The zero-order valence-electron chi connectivity index (χ0n) is 8.24. The second kappa shape index (κ2) is 4.72. The summed E-state index contributed by atoms with van der Waals surface area (Å²) in [7, 11) is 0. The maximum Gasteiger partial charge on any atom is 0.0936 e. The average Bonchev–Trinajstić information content (AvgIpc) is 2.74. The normalized spacial score (nSPS) is 28.3. The van der Waals surface area contributed by atoms with Crippen molar-refractivity contribution in [1.82, 2.24) is 0 Å². The summed E-state index contributed by atoms with van der Waals surface area (Å²) in [5.41, 5.74) is 0. The van der Waals surface area contributed by atoms with Gasteiger partial charge in [0.05, 0.1) is 21.0 Å². The lowest BCUT2D eigenvalue weighted by molar-refractivity contribution is 0.0448. The van der Waals surface area contributed by atoms with E-state index in [9.17, 15) is 5.11 Å². The second-order valence-corrected chi connectivity index (χ2v) is 6.55. The zero-order chi connectivity index (χ0) is 11.0. The van der Waals surface area contributed by atoms with Gasteiger partial charge in [0.15, 0.2) is 0 Å². The van der Waals surface area contributed by atoms with E-state index in [1.807, 2.05) is 13.0 Å². The fourth-order valence-electron chi connectivity index (χ4n) is 1.88. The van der Waals surface area contributed by atoms with Crippen molar-refractivity contribution in [3.05, 3.63) is 19.8 Å². The summed E-state index contributed by atoms with van der Waals surface area (Å²) in [6.07, 6.45) is 0.575. The molecule has 1 saturated heterocycles. The van der Waals surface area contributed by atoms with Crippen LogP contribution in [-0.2, 0) is 4.74 Å². The Balaban J connectivity index is 2.16. The van der Waals surface area contributed by atoms with Gasteiger partial charge in [-0.05, 0) is 35.3 Å². The van der Waals surface area contributed by atoms with Crippen molar-refractivity contribution >= 4 is 38.9 Å². The Morgan fingerprint density at radius 1 is 1.73 bits per heavy atom. The van der Waals surface area contributed by atoms with Gasteiger partial charge in [0.1, 0.15) is 0 Å². The number of hydrogen-bond acceptors (Lipinski definition) is 3. The molecular formula is C10H12BrClO2S. The third kappa shape index (κ3) is 2.39. The molecule has 2 rings (SSSR count). The van der Waals surface area contributed by atoms with Crippen LogP contribution < -0.4 is 0 Å². The lowest BCUT2D eigenvalue weighted by atomic mass is 9.95. The van der Waals surface area contributed by atoms with Gasteiger partial charge in [-0.1, -0.05) is 11.6 Å². The van der Waals surface area contributed by atoms with E-state index in [-0.39, 0.29) is 12.0 Å². The first-order valence-electron chi connectivity index (χ1n) is 4.84. The van der Waals surface area contributed by atoms with E-state index in [0.29, 0.717) is 5.02 Å². The number of halogens is 2. The van der Waals surface area contributed by atoms with E-state index < -0.39 is 6.10 Å². The third-order valence-corrected chi connectivity index (χ3v) is 5.34. The molecule has 1 aromatic heterocycles. The molecule has 15 heavy (non-hydrogen) atoms. The summed E-state index contributed by atoms with van der Waals surface area (Å²) < 4.78 is 6.32. The average molecular weight is 312 g/mol. The molecule has 1 aromatic rings. The Kier molecular flexibility index (Phi) is 3.73. The van der Waals surface area contributed by atoms with Crippen LogP contribution in [0.15, 0.2) is 9.85 Å². The summed E-state index contributed by atoms with van der Waals surface area (Å²) in [4.78, 5) is 0.911. The molecule has 5 heteroatoms. The van der Waals surface area contributed by atoms with E-state index in [0.717, 1.165) is 21.7 Å². The predicted molar refractivity (Wildman–Crippen MR) is 65.5 cm³/mol. The molecule has 1 N–H and O–H groups in total. The van der Waals surface area contributed by atoms with Gasteiger partial charge in [-0.25, -0.2) is 0 Å². The quantitative estimate of drug-likeness (QED) is 0.904. The number of aliphatic hydroxyl groups is 1. The molecule has 3 unspecified atom stereocenters. The van der Waals surface area contributed by atoms with Crippen molar-refractivity contribution < 1.29 is 9.84 Å². The summed E-state index contributed by atoms with van der Waals surface area (Å²) in [5.74, 6) is 0.187. The smallest absolute Gasteiger partial charge is 0.0936 e. The van der Waals surface area contributed by atoms with E-state index in [1.165, 1.54) is 11.3 Å². The van der Waals surface area contributed by atoms with Gasteiger partial charge in [-0.2, -0.15) is 0 Å².